The summed E-state index contributed by atoms with van der Waals surface area (Å²) in [5, 5.41) is 9.99. The largest absolute Gasteiger partial charge is 0.497 e. The topological polar surface area (TPSA) is 109 Å². The van der Waals surface area contributed by atoms with Crippen molar-refractivity contribution in [2.24, 2.45) is 7.05 Å². The lowest BCUT2D eigenvalue weighted by Crippen LogP contribution is -2.47. The van der Waals surface area contributed by atoms with Gasteiger partial charge in [-0.3, -0.25) is 14.3 Å². The summed E-state index contributed by atoms with van der Waals surface area (Å²) in [7, 11) is 3.22. The minimum Gasteiger partial charge on any atom is -0.497 e. The van der Waals surface area contributed by atoms with Crippen molar-refractivity contribution >= 4 is 22.8 Å². The van der Waals surface area contributed by atoms with E-state index in [0.717, 1.165) is 24.5 Å². The van der Waals surface area contributed by atoms with Crippen molar-refractivity contribution in [3.8, 4) is 5.75 Å². The second-order valence-corrected chi connectivity index (χ2v) is 7.53. The lowest BCUT2D eigenvalue weighted by molar-refractivity contribution is 0.175. The molecular weight excluding hydrogens is 388 g/mol. The maximum atomic E-state index is 12.5. The number of imidazole rings is 1. The Morgan fingerprint density at radius 1 is 1.13 bits per heavy atom. The number of rotatable bonds is 5. The van der Waals surface area contributed by atoms with Crippen molar-refractivity contribution in [2.75, 3.05) is 43.1 Å². The van der Waals surface area contributed by atoms with Crippen LogP contribution in [0.2, 0.25) is 0 Å². The van der Waals surface area contributed by atoms with Gasteiger partial charge < -0.3 is 24.2 Å². The maximum absolute atomic E-state index is 12.5. The van der Waals surface area contributed by atoms with E-state index in [4.69, 9.17) is 4.74 Å². The molecule has 4 rings (SSSR count). The van der Waals surface area contributed by atoms with Crippen LogP contribution in [0.1, 0.15) is 6.92 Å². The van der Waals surface area contributed by atoms with Crippen molar-refractivity contribution in [3.63, 3.8) is 0 Å². The van der Waals surface area contributed by atoms with E-state index in [1.165, 1.54) is 4.57 Å². The number of aromatic nitrogens is 4. The molecule has 30 heavy (non-hydrogen) atoms. The SMILES string of the molecule is COc1ccc(N2CCN(c3nc4c(c(=O)[nH]c(=O)n4C)n3CC(C)O)CC2)cc1. The second-order valence-electron chi connectivity index (χ2n) is 7.53. The molecule has 1 aliphatic rings. The average Bonchev–Trinajstić information content (AvgIpc) is 3.11. The normalized spacial score (nSPS) is 15.6. The van der Waals surface area contributed by atoms with E-state index in [2.05, 4.69) is 19.8 Å². The average molecular weight is 414 g/mol. The summed E-state index contributed by atoms with van der Waals surface area (Å²) in [6, 6.07) is 7.95. The fourth-order valence-electron chi connectivity index (χ4n) is 3.86. The fraction of sp³-hybridized carbons (Fsp3) is 0.450. The molecule has 0 saturated carbocycles. The number of piperazine rings is 1. The number of H-pyrrole nitrogens is 1. The number of hydrogen-bond acceptors (Lipinski definition) is 7. The Labute approximate surface area is 172 Å². The van der Waals surface area contributed by atoms with Gasteiger partial charge in [-0.05, 0) is 31.2 Å². The van der Waals surface area contributed by atoms with Crippen LogP contribution in [0.3, 0.4) is 0 Å². The number of nitrogens with one attached hydrogen (secondary N) is 1. The van der Waals surface area contributed by atoms with Gasteiger partial charge in [-0.1, -0.05) is 0 Å². The van der Waals surface area contributed by atoms with Crippen molar-refractivity contribution in [3.05, 3.63) is 45.1 Å². The summed E-state index contributed by atoms with van der Waals surface area (Å²) in [5.41, 5.74) is 0.726. The highest BCUT2D eigenvalue weighted by molar-refractivity contribution is 5.74. The van der Waals surface area contributed by atoms with E-state index >= 15 is 0 Å². The molecule has 0 aliphatic carbocycles. The van der Waals surface area contributed by atoms with Crippen molar-refractivity contribution in [1.82, 2.24) is 19.1 Å². The number of aliphatic hydroxyl groups excluding tert-OH is 1. The number of fused-ring (bicyclic) bond motifs is 1. The van der Waals surface area contributed by atoms with Crippen LogP contribution in [0.5, 0.6) is 5.75 Å². The zero-order valence-electron chi connectivity index (χ0n) is 17.3. The number of aromatic amines is 1. The van der Waals surface area contributed by atoms with E-state index in [9.17, 15) is 14.7 Å². The molecule has 0 bridgehead atoms. The van der Waals surface area contributed by atoms with Gasteiger partial charge in [-0.2, -0.15) is 4.98 Å². The third-order valence-corrected chi connectivity index (χ3v) is 5.43. The third kappa shape index (κ3) is 3.54. The number of methoxy groups -OCH3 is 1. The molecule has 10 heteroatoms. The van der Waals surface area contributed by atoms with Crippen LogP contribution in [0.15, 0.2) is 33.9 Å². The quantitative estimate of drug-likeness (QED) is 0.611. The minimum absolute atomic E-state index is 0.214. The molecule has 10 nitrogen and oxygen atoms in total. The molecule has 160 valence electrons. The smallest absolute Gasteiger partial charge is 0.329 e. The van der Waals surface area contributed by atoms with Gasteiger partial charge in [0.25, 0.3) is 5.56 Å². The van der Waals surface area contributed by atoms with Gasteiger partial charge in [0.05, 0.1) is 19.8 Å². The first kappa shape index (κ1) is 20.0. The molecular formula is C20H26N6O4. The highest BCUT2D eigenvalue weighted by Gasteiger charge is 2.25. The molecule has 1 fully saturated rings. The fourth-order valence-corrected chi connectivity index (χ4v) is 3.86. The molecule has 0 radical (unpaired) electrons. The summed E-state index contributed by atoms with van der Waals surface area (Å²) < 4.78 is 8.26. The van der Waals surface area contributed by atoms with E-state index < -0.39 is 17.4 Å². The summed E-state index contributed by atoms with van der Waals surface area (Å²) in [4.78, 5) is 35.8. The standard InChI is InChI=1S/C20H26N6O4/c1-13(27)12-26-16-17(23(2)20(29)22-18(16)28)21-19(26)25-10-8-24(9-11-25)14-4-6-15(30-3)7-5-14/h4-7,13,27H,8-12H2,1-3H3,(H,22,28,29). The van der Waals surface area contributed by atoms with E-state index in [1.54, 1.807) is 25.6 Å². The van der Waals surface area contributed by atoms with E-state index in [-0.39, 0.29) is 6.54 Å². The predicted molar refractivity (Wildman–Crippen MR) is 115 cm³/mol. The molecule has 1 aliphatic heterocycles. The minimum atomic E-state index is -0.668. The highest BCUT2D eigenvalue weighted by atomic mass is 16.5. The van der Waals surface area contributed by atoms with Gasteiger partial charge in [0.1, 0.15) is 5.75 Å². The van der Waals surface area contributed by atoms with Gasteiger partial charge in [0.2, 0.25) is 5.95 Å². The lowest BCUT2D eigenvalue weighted by atomic mass is 10.2. The van der Waals surface area contributed by atoms with Crippen LogP contribution < -0.4 is 25.8 Å². The predicted octanol–water partition coefficient (Wildman–Crippen LogP) is 0.139. The Kier molecular flexibility index (Phi) is 5.25. The first-order valence-electron chi connectivity index (χ1n) is 9.90. The molecule has 2 aromatic heterocycles. The second kappa shape index (κ2) is 7.86. The molecule has 1 unspecified atom stereocenters. The number of nitrogens with zero attached hydrogens (tertiary/aromatic N) is 5. The number of aryl methyl sites for hydroxylation is 1. The molecule has 1 aromatic carbocycles. The number of ether oxygens (including phenoxy) is 1. The molecule has 1 atom stereocenters. The third-order valence-electron chi connectivity index (χ3n) is 5.43. The highest BCUT2D eigenvalue weighted by Crippen LogP contribution is 2.24. The monoisotopic (exact) mass is 414 g/mol. The summed E-state index contributed by atoms with van der Waals surface area (Å²) in [6.45, 7) is 4.82. The molecule has 0 spiro atoms. The molecule has 0 amide bonds. The zero-order valence-corrected chi connectivity index (χ0v) is 17.3. The Morgan fingerprint density at radius 2 is 1.77 bits per heavy atom. The van der Waals surface area contributed by atoms with E-state index in [0.29, 0.717) is 30.2 Å². The Morgan fingerprint density at radius 3 is 2.37 bits per heavy atom. The Hall–Kier alpha value is -3.27. The molecule has 3 aromatic rings. The first-order chi connectivity index (χ1) is 14.4. The number of aliphatic hydroxyl groups is 1. The van der Waals surface area contributed by atoms with Gasteiger partial charge >= 0.3 is 5.69 Å². The van der Waals surface area contributed by atoms with Crippen LogP contribution in [-0.2, 0) is 13.6 Å². The summed E-state index contributed by atoms with van der Waals surface area (Å²) in [6.07, 6.45) is -0.668. The van der Waals surface area contributed by atoms with Gasteiger partial charge in [0.15, 0.2) is 11.2 Å². The summed E-state index contributed by atoms with van der Waals surface area (Å²) >= 11 is 0. The first-order valence-corrected chi connectivity index (χ1v) is 9.90. The van der Waals surface area contributed by atoms with Gasteiger partial charge in [-0.15, -0.1) is 0 Å². The van der Waals surface area contributed by atoms with E-state index in [1.807, 2.05) is 24.3 Å². The number of benzene rings is 1. The Bertz CT molecular complexity index is 1150. The Balaban J connectivity index is 1.65. The zero-order chi connectivity index (χ0) is 21.4. The van der Waals surface area contributed by atoms with Crippen LogP contribution >= 0.6 is 0 Å². The van der Waals surface area contributed by atoms with Crippen LogP contribution in [0.25, 0.3) is 11.2 Å². The number of anilines is 2. The molecule has 1 saturated heterocycles. The maximum Gasteiger partial charge on any atom is 0.329 e. The number of hydrogen-bond donors (Lipinski definition) is 2. The molecule has 3 heterocycles. The van der Waals surface area contributed by atoms with Gasteiger partial charge in [0, 0.05) is 38.9 Å². The van der Waals surface area contributed by atoms with Crippen molar-refractivity contribution in [1.29, 1.82) is 0 Å². The van der Waals surface area contributed by atoms with Crippen molar-refractivity contribution in [2.45, 2.75) is 19.6 Å². The van der Waals surface area contributed by atoms with Crippen LogP contribution in [0, 0.1) is 0 Å². The van der Waals surface area contributed by atoms with Crippen LogP contribution in [-0.4, -0.2) is 63.6 Å². The van der Waals surface area contributed by atoms with Crippen LogP contribution in [0.4, 0.5) is 11.6 Å². The van der Waals surface area contributed by atoms with Crippen molar-refractivity contribution < 1.29 is 9.84 Å². The molecule has 2 N–H and O–H groups in total. The summed E-state index contributed by atoms with van der Waals surface area (Å²) in [5.74, 6) is 1.41. The lowest BCUT2D eigenvalue weighted by Gasteiger charge is -2.36. The van der Waals surface area contributed by atoms with Gasteiger partial charge in [-0.25, -0.2) is 4.79 Å².